The molecule has 0 aliphatic carbocycles. The summed E-state index contributed by atoms with van der Waals surface area (Å²) in [4.78, 5) is 2.36. The SMILES string of the molecule is NCC1CCN(c2ccc(Cl)cc2Br)C1. The predicted molar refractivity (Wildman–Crippen MR) is 68.5 cm³/mol. The molecule has 0 spiro atoms. The van der Waals surface area contributed by atoms with Crippen molar-refractivity contribution in [1.82, 2.24) is 0 Å². The van der Waals surface area contributed by atoms with E-state index in [0.717, 1.165) is 29.1 Å². The van der Waals surface area contributed by atoms with Crippen LogP contribution in [-0.4, -0.2) is 19.6 Å². The van der Waals surface area contributed by atoms with Crippen molar-refractivity contribution < 1.29 is 0 Å². The molecule has 0 aromatic heterocycles. The van der Waals surface area contributed by atoms with Crippen LogP contribution in [0.25, 0.3) is 0 Å². The Kier molecular flexibility index (Phi) is 3.54. The van der Waals surface area contributed by atoms with E-state index in [1.54, 1.807) is 0 Å². The van der Waals surface area contributed by atoms with E-state index in [-0.39, 0.29) is 0 Å². The predicted octanol–water partition coefficient (Wildman–Crippen LogP) is 2.89. The molecule has 2 N–H and O–H groups in total. The molecule has 1 fully saturated rings. The second-order valence-corrected chi connectivity index (χ2v) is 5.22. The molecule has 1 aromatic carbocycles. The molecule has 82 valence electrons. The van der Waals surface area contributed by atoms with Gasteiger partial charge in [0.15, 0.2) is 0 Å². The third-order valence-corrected chi connectivity index (χ3v) is 3.74. The Labute approximate surface area is 104 Å². The molecule has 4 heteroatoms. The van der Waals surface area contributed by atoms with Crippen molar-refractivity contribution in [1.29, 1.82) is 0 Å². The molecular formula is C11H14BrClN2. The molecular weight excluding hydrogens is 275 g/mol. The summed E-state index contributed by atoms with van der Waals surface area (Å²) in [5.74, 6) is 0.632. The first-order valence-corrected chi connectivity index (χ1v) is 6.28. The quantitative estimate of drug-likeness (QED) is 0.907. The van der Waals surface area contributed by atoms with E-state index in [1.807, 2.05) is 12.1 Å². The Bertz CT molecular complexity index is 356. The number of nitrogens with two attached hydrogens (primary N) is 1. The Morgan fingerprint density at radius 2 is 2.33 bits per heavy atom. The fourth-order valence-electron chi connectivity index (χ4n) is 1.98. The fraction of sp³-hybridized carbons (Fsp3) is 0.455. The maximum Gasteiger partial charge on any atom is 0.0511 e. The average Bonchev–Trinajstić information content (AvgIpc) is 2.66. The van der Waals surface area contributed by atoms with Crippen LogP contribution >= 0.6 is 27.5 Å². The van der Waals surface area contributed by atoms with Gasteiger partial charge < -0.3 is 10.6 Å². The Morgan fingerprint density at radius 1 is 1.53 bits per heavy atom. The summed E-state index contributed by atoms with van der Waals surface area (Å²) in [5.41, 5.74) is 6.89. The van der Waals surface area contributed by atoms with Crippen molar-refractivity contribution in [2.24, 2.45) is 11.7 Å². The highest BCUT2D eigenvalue weighted by Crippen LogP contribution is 2.32. The molecule has 1 saturated heterocycles. The third-order valence-electron chi connectivity index (χ3n) is 2.87. The van der Waals surface area contributed by atoms with E-state index in [4.69, 9.17) is 17.3 Å². The normalized spacial score (nSPS) is 21.0. The molecule has 0 amide bonds. The van der Waals surface area contributed by atoms with Gasteiger partial charge in [-0.3, -0.25) is 0 Å². The summed E-state index contributed by atoms with van der Waals surface area (Å²) in [6.07, 6.45) is 1.19. The second-order valence-electron chi connectivity index (χ2n) is 3.93. The minimum atomic E-state index is 0.632. The van der Waals surface area contributed by atoms with Gasteiger partial charge in [-0.25, -0.2) is 0 Å². The third kappa shape index (κ3) is 2.47. The number of hydrogen-bond donors (Lipinski definition) is 1. The minimum Gasteiger partial charge on any atom is -0.370 e. The molecule has 0 bridgehead atoms. The van der Waals surface area contributed by atoms with E-state index in [1.165, 1.54) is 12.1 Å². The smallest absolute Gasteiger partial charge is 0.0511 e. The van der Waals surface area contributed by atoms with Gasteiger partial charge in [0.2, 0.25) is 0 Å². The van der Waals surface area contributed by atoms with Gasteiger partial charge in [-0.2, -0.15) is 0 Å². The van der Waals surface area contributed by atoms with Crippen LogP contribution in [0.4, 0.5) is 5.69 Å². The lowest BCUT2D eigenvalue weighted by Gasteiger charge is -2.20. The van der Waals surface area contributed by atoms with Gasteiger partial charge in [-0.15, -0.1) is 0 Å². The fourth-order valence-corrected chi connectivity index (χ4v) is 2.92. The number of halogens is 2. The zero-order chi connectivity index (χ0) is 10.8. The standard InChI is InChI=1S/C11H14BrClN2/c12-10-5-9(13)1-2-11(10)15-4-3-8(6-14)7-15/h1-2,5,8H,3-4,6-7,14H2. The van der Waals surface area contributed by atoms with Crippen molar-refractivity contribution in [3.63, 3.8) is 0 Å². The van der Waals surface area contributed by atoms with Crippen molar-refractivity contribution in [3.8, 4) is 0 Å². The van der Waals surface area contributed by atoms with Gasteiger partial charge in [0.25, 0.3) is 0 Å². The minimum absolute atomic E-state index is 0.632. The van der Waals surface area contributed by atoms with E-state index in [2.05, 4.69) is 26.9 Å². The molecule has 1 aliphatic heterocycles. The first kappa shape index (κ1) is 11.2. The molecule has 1 atom stereocenters. The van der Waals surface area contributed by atoms with Gasteiger partial charge >= 0.3 is 0 Å². The number of anilines is 1. The largest absolute Gasteiger partial charge is 0.370 e. The maximum absolute atomic E-state index is 5.91. The highest BCUT2D eigenvalue weighted by molar-refractivity contribution is 9.10. The lowest BCUT2D eigenvalue weighted by atomic mass is 10.1. The summed E-state index contributed by atoms with van der Waals surface area (Å²) in [6.45, 7) is 2.92. The molecule has 2 nitrogen and oxygen atoms in total. The topological polar surface area (TPSA) is 29.3 Å². The zero-order valence-electron chi connectivity index (χ0n) is 8.42. The highest BCUT2D eigenvalue weighted by Gasteiger charge is 2.22. The van der Waals surface area contributed by atoms with Gasteiger partial charge in [0, 0.05) is 22.6 Å². The first-order chi connectivity index (χ1) is 7.20. The molecule has 1 aliphatic rings. The second kappa shape index (κ2) is 4.73. The summed E-state index contributed by atoms with van der Waals surface area (Å²) in [7, 11) is 0. The summed E-state index contributed by atoms with van der Waals surface area (Å²) >= 11 is 9.45. The van der Waals surface area contributed by atoms with Crippen LogP contribution in [0.3, 0.4) is 0 Å². The Hall–Kier alpha value is -0.250. The van der Waals surface area contributed by atoms with Crippen LogP contribution in [0.5, 0.6) is 0 Å². The van der Waals surface area contributed by atoms with Crippen LogP contribution < -0.4 is 10.6 Å². The van der Waals surface area contributed by atoms with E-state index < -0.39 is 0 Å². The van der Waals surface area contributed by atoms with Crippen LogP contribution in [0.2, 0.25) is 5.02 Å². The van der Waals surface area contributed by atoms with Gasteiger partial charge in [-0.05, 0) is 53.0 Å². The molecule has 1 unspecified atom stereocenters. The monoisotopic (exact) mass is 288 g/mol. The number of benzene rings is 1. The summed E-state index contributed by atoms with van der Waals surface area (Å²) in [5, 5.41) is 0.764. The van der Waals surface area contributed by atoms with Crippen molar-refractivity contribution in [2.45, 2.75) is 6.42 Å². The summed E-state index contributed by atoms with van der Waals surface area (Å²) in [6, 6.07) is 5.93. The van der Waals surface area contributed by atoms with E-state index in [9.17, 15) is 0 Å². The maximum atomic E-state index is 5.91. The Morgan fingerprint density at radius 3 is 2.93 bits per heavy atom. The molecule has 2 rings (SSSR count). The lowest BCUT2D eigenvalue weighted by molar-refractivity contribution is 0.602. The lowest BCUT2D eigenvalue weighted by Crippen LogP contribution is -2.22. The molecule has 1 aromatic rings. The van der Waals surface area contributed by atoms with Crippen LogP contribution in [0.1, 0.15) is 6.42 Å². The van der Waals surface area contributed by atoms with Crippen molar-refractivity contribution in [2.75, 3.05) is 24.5 Å². The van der Waals surface area contributed by atoms with Crippen LogP contribution in [0, 0.1) is 5.92 Å². The zero-order valence-corrected chi connectivity index (χ0v) is 10.8. The van der Waals surface area contributed by atoms with Gasteiger partial charge in [0.05, 0.1) is 5.69 Å². The first-order valence-electron chi connectivity index (χ1n) is 5.11. The van der Waals surface area contributed by atoms with E-state index in [0.29, 0.717) is 5.92 Å². The number of rotatable bonds is 2. The van der Waals surface area contributed by atoms with Gasteiger partial charge in [-0.1, -0.05) is 11.6 Å². The number of nitrogens with zero attached hydrogens (tertiary/aromatic N) is 1. The molecule has 0 saturated carbocycles. The van der Waals surface area contributed by atoms with Gasteiger partial charge in [0.1, 0.15) is 0 Å². The van der Waals surface area contributed by atoms with Crippen molar-refractivity contribution >= 4 is 33.2 Å². The van der Waals surface area contributed by atoms with Crippen molar-refractivity contribution in [3.05, 3.63) is 27.7 Å². The Balaban J connectivity index is 2.17. The molecule has 15 heavy (non-hydrogen) atoms. The van der Waals surface area contributed by atoms with E-state index >= 15 is 0 Å². The highest BCUT2D eigenvalue weighted by atomic mass is 79.9. The van der Waals surface area contributed by atoms with Crippen LogP contribution in [-0.2, 0) is 0 Å². The van der Waals surface area contributed by atoms with Crippen LogP contribution in [0.15, 0.2) is 22.7 Å². The summed E-state index contributed by atoms with van der Waals surface area (Å²) < 4.78 is 1.06. The molecule has 1 heterocycles. The number of hydrogen-bond acceptors (Lipinski definition) is 2. The molecule has 0 radical (unpaired) electrons. The average molecular weight is 290 g/mol.